The first-order chi connectivity index (χ1) is 14.2. The number of nitrogens with one attached hydrogen (secondary N) is 2. The van der Waals surface area contributed by atoms with E-state index in [-0.39, 0.29) is 18.2 Å². The van der Waals surface area contributed by atoms with Crippen LogP contribution in [-0.2, 0) is 17.8 Å². The van der Waals surface area contributed by atoms with E-state index in [0.29, 0.717) is 4.88 Å². The van der Waals surface area contributed by atoms with Crippen LogP contribution < -0.4 is 10.9 Å². The Labute approximate surface area is 172 Å². The molecule has 0 aliphatic heterocycles. The van der Waals surface area contributed by atoms with Gasteiger partial charge in [-0.3, -0.25) is 20.4 Å². The second-order valence-electron chi connectivity index (χ2n) is 6.50. The average Bonchev–Trinajstić information content (AvgIpc) is 3.37. The zero-order valence-electron chi connectivity index (χ0n) is 15.9. The molecule has 29 heavy (non-hydrogen) atoms. The third-order valence-electron chi connectivity index (χ3n) is 4.54. The number of imidazole rings is 1. The second kappa shape index (κ2) is 8.28. The van der Waals surface area contributed by atoms with Gasteiger partial charge in [0.15, 0.2) is 5.82 Å². The van der Waals surface area contributed by atoms with Crippen LogP contribution in [0.3, 0.4) is 0 Å². The van der Waals surface area contributed by atoms with E-state index in [4.69, 9.17) is 4.98 Å². The van der Waals surface area contributed by atoms with E-state index < -0.39 is 0 Å². The molecule has 0 aliphatic carbocycles. The van der Waals surface area contributed by atoms with Crippen LogP contribution in [0.5, 0.6) is 0 Å². The van der Waals surface area contributed by atoms with Crippen molar-refractivity contribution in [1.82, 2.24) is 20.4 Å². The zero-order valence-corrected chi connectivity index (χ0v) is 16.7. The number of benzene rings is 2. The molecule has 2 aromatic carbocycles. The summed E-state index contributed by atoms with van der Waals surface area (Å²) >= 11 is 1.35. The molecule has 2 N–H and O–H groups in total. The maximum absolute atomic E-state index is 12.4. The van der Waals surface area contributed by atoms with Gasteiger partial charge in [0.2, 0.25) is 5.91 Å². The molecule has 2 amide bonds. The molecule has 2 aromatic heterocycles. The quantitative estimate of drug-likeness (QED) is 0.497. The molecular weight excluding hydrogens is 384 g/mol. The Morgan fingerprint density at radius 3 is 2.52 bits per heavy atom. The van der Waals surface area contributed by atoms with Gasteiger partial charge in [-0.15, -0.1) is 11.3 Å². The largest absolute Gasteiger partial charge is 0.324 e. The highest BCUT2D eigenvalue weighted by molar-refractivity contribution is 7.17. The van der Waals surface area contributed by atoms with Crippen LogP contribution in [0.25, 0.3) is 21.7 Å². The summed E-state index contributed by atoms with van der Waals surface area (Å²) in [5.74, 6) is 0.224. The number of para-hydroxylation sites is 2. The highest BCUT2D eigenvalue weighted by atomic mass is 32.1. The molecule has 4 rings (SSSR count). The molecule has 0 aliphatic rings. The fraction of sp³-hybridized carbons (Fsp3) is 0.136. The molecule has 0 saturated carbocycles. The maximum atomic E-state index is 12.4. The number of fused-ring (bicyclic) bond motifs is 1. The minimum atomic E-state index is -0.346. The van der Waals surface area contributed by atoms with Crippen molar-refractivity contribution in [3.8, 4) is 10.7 Å². The summed E-state index contributed by atoms with van der Waals surface area (Å²) in [6.45, 7) is 2.85. The summed E-state index contributed by atoms with van der Waals surface area (Å²) in [5, 5.41) is 0. The number of amides is 2. The summed E-state index contributed by atoms with van der Waals surface area (Å²) in [5.41, 5.74) is 7.83. The lowest BCUT2D eigenvalue weighted by Gasteiger charge is -2.06. The lowest BCUT2D eigenvalue weighted by Crippen LogP contribution is -2.42. The summed E-state index contributed by atoms with van der Waals surface area (Å²) < 4.78 is 2.13. The highest BCUT2D eigenvalue weighted by Crippen LogP contribution is 2.30. The topological polar surface area (TPSA) is 76.0 Å². The zero-order chi connectivity index (χ0) is 20.2. The molecule has 0 radical (unpaired) electrons. The van der Waals surface area contributed by atoms with Gasteiger partial charge in [0.1, 0.15) is 0 Å². The third-order valence-corrected chi connectivity index (χ3v) is 5.62. The van der Waals surface area contributed by atoms with Crippen LogP contribution in [0.15, 0.2) is 66.7 Å². The standard InChI is InChI=1S/C22H20N4O2S/c1-2-26-17-11-7-6-10-16(17)23-21(26)18-12-13-19(29-18)22(28)25-24-20(27)14-15-8-4-3-5-9-15/h3-13H,2,14H2,1H3,(H,24,27)(H,25,28). The van der Waals surface area contributed by atoms with Gasteiger partial charge in [-0.1, -0.05) is 42.5 Å². The van der Waals surface area contributed by atoms with E-state index in [1.807, 2.05) is 60.7 Å². The van der Waals surface area contributed by atoms with Crippen molar-refractivity contribution >= 4 is 34.2 Å². The molecule has 7 heteroatoms. The Morgan fingerprint density at radius 1 is 0.966 bits per heavy atom. The van der Waals surface area contributed by atoms with Crippen LogP contribution in [0, 0.1) is 0 Å². The third kappa shape index (κ3) is 4.05. The Balaban J connectivity index is 1.45. The van der Waals surface area contributed by atoms with Crippen molar-refractivity contribution in [2.45, 2.75) is 19.9 Å². The van der Waals surface area contributed by atoms with Gasteiger partial charge in [-0.2, -0.15) is 0 Å². The number of thiophene rings is 1. The number of hydrogen-bond donors (Lipinski definition) is 2. The van der Waals surface area contributed by atoms with Gasteiger partial charge < -0.3 is 4.57 Å². The van der Waals surface area contributed by atoms with Crippen molar-refractivity contribution in [3.05, 3.63) is 77.2 Å². The molecule has 0 bridgehead atoms. The lowest BCUT2D eigenvalue weighted by atomic mass is 10.1. The normalized spacial score (nSPS) is 10.8. The Bertz CT molecular complexity index is 1160. The lowest BCUT2D eigenvalue weighted by molar-refractivity contribution is -0.121. The smallest absolute Gasteiger partial charge is 0.279 e. The number of aryl methyl sites for hydroxylation is 1. The van der Waals surface area contributed by atoms with E-state index in [1.165, 1.54) is 11.3 Å². The van der Waals surface area contributed by atoms with Gasteiger partial charge >= 0.3 is 0 Å². The van der Waals surface area contributed by atoms with Crippen molar-refractivity contribution in [2.75, 3.05) is 0 Å². The van der Waals surface area contributed by atoms with Crippen molar-refractivity contribution in [2.24, 2.45) is 0 Å². The molecule has 0 unspecified atom stereocenters. The predicted octanol–water partition coefficient (Wildman–Crippen LogP) is 3.79. The minimum Gasteiger partial charge on any atom is -0.324 e. The van der Waals surface area contributed by atoms with E-state index in [0.717, 1.165) is 33.8 Å². The Hall–Kier alpha value is -3.45. The number of hydrogen-bond acceptors (Lipinski definition) is 4. The SMILES string of the molecule is CCn1c(-c2ccc(C(=O)NNC(=O)Cc3ccccc3)s2)nc2ccccc21. The van der Waals surface area contributed by atoms with Gasteiger partial charge in [0, 0.05) is 6.54 Å². The first-order valence-corrected chi connectivity index (χ1v) is 10.2. The van der Waals surface area contributed by atoms with Crippen LogP contribution in [-0.4, -0.2) is 21.4 Å². The number of aromatic nitrogens is 2. The van der Waals surface area contributed by atoms with Gasteiger partial charge in [-0.25, -0.2) is 4.98 Å². The molecule has 2 heterocycles. The van der Waals surface area contributed by atoms with E-state index >= 15 is 0 Å². The van der Waals surface area contributed by atoms with E-state index in [9.17, 15) is 9.59 Å². The summed E-state index contributed by atoms with van der Waals surface area (Å²) in [6, 6.07) is 21.0. The maximum Gasteiger partial charge on any atom is 0.279 e. The molecule has 0 atom stereocenters. The number of carbonyl (C=O) groups is 2. The number of carbonyl (C=O) groups excluding carboxylic acids is 2. The molecular formula is C22H20N4O2S. The molecule has 4 aromatic rings. The molecule has 0 spiro atoms. The number of rotatable bonds is 5. The summed E-state index contributed by atoms with van der Waals surface area (Å²) in [4.78, 5) is 30.6. The Kier molecular flexibility index (Phi) is 5.39. The Morgan fingerprint density at radius 2 is 1.72 bits per heavy atom. The first kappa shape index (κ1) is 18.9. The van der Waals surface area contributed by atoms with E-state index in [1.54, 1.807) is 6.07 Å². The van der Waals surface area contributed by atoms with Gasteiger partial charge in [0.25, 0.3) is 5.91 Å². The van der Waals surface area contributed by atoms with Crippen LogP contribution in [0.4, 0.5) is 0 Å². The van der Waals surface area contributed by atoms with Crippen molar-refractivity contribution in [1.29, 1.82) is 0 Å². The van der Waals surface area contributed by atoms with Crippen molar-refractivity contribution < 1.29 is 9.59 Å². The fourth-order valence-electron chi connectivity index (χ4n) is 3.18. The molecule has 146 valence electrons. The fourth-order valence-corrected chi connectivity index (χ4v) is 4.08. The molecule has 0 fully saturated rings. The first-order valence-electron chi connectivity index (χ1n) is 9.34. The predicted molar refractivity (Wildman–Crippen MR) is 114 cm³/mol. The van der Waals surface area contributed by atoms with Crippen LogP contribution >= 0.6 is 11.3 Å². The minimum absolute atomic E-state index is 0.206. The number of hydrazine groups is 1. The van der Waals surface area contributed by atoms with E-state index in [2.05, 4.69) is 22.3 Å². The second-order valence-corrected chi connectivity index (χ2v) is 7.58. The van der Waals surface area contributed by atoms with Gasteiger partial charge in [0.05, 0.1) is 27.2 Å². The molecule has 0 saturated heterocycles. The van der Waals surface area contributed by atoms with Crippen LogP contribution in [0.2, 0.25) is 0 Å². The molecule has 6 nitrogen and oxygen atoms in total. The summed E-state index contributed by atoms with van der Waals surface area (Å²) in [6.07, 6.45) is 0.206. The summed E-state index contributed by atoms with van der Waals surface area (Å²) in [7, 11) is 0. The average molecular weight is 404 g/mol. The number of nitrogens with zero attached hydrogens (tertiary/aromatic N) is 2. The van der Waals surface area contributed by atoms with Crippen LogP contribution in [0.1, 0.15) is 22.2 Å². The van der Waals surface area contributed by atoms with Gasteiger partial charge in [-0.05, 0) is 36.8 Å². The van der Waals surface area contributed by atoms with Crippen molar-refractivity contribution in [3.63, 3.8) is 0 Å². The highest BCUT2D eigenvalue weighted by Gasteiger charge is 2.16. The monoisotopic (exact) mass is 404 g/mol.